The minimum Gasteiger partial charge on any atom is -0.395 e. The minimum absolute atomic E-state index is 0.109. The van der Waals surface area contributed by atoms with Gasteiger partial charge in [-0.05, 0) is 54.6 Å². The molecular weight excluding hydrogens is 638 g/mol. The number of carbonyl (C=O) groups excluding carboxylic acids is 3. The number of fused-ring (bicyclic) bond motifs is 2. The lowest BCUT2D eigenvalue weighted by molar-refractivity contribution is -0.150. The first-order chi connectivity index (χ1) is 23.5. The van der Waals surface area contributed by atoms with Crippen LogP contribution in [0.25, 0.3) is 0 Å². The number of aliphatic hydroxyl groups is 1. The maximum absolute atomic E-state index is 16.3. The van der Waals surface area contributed by atoms with Crippen molar-refractivity contribution < 1.29 is 28.3 Å². The number of hydrogen-bond acceptors (Lipinski definition) is 5. The van der Waals surface area contributed by atoms with Gasteiger partial charge in [0.2, 0.25) is 14.3 Å². The average molecular weight is 680 g/mol. The van der Waals surface area contributed by atoms with Gasteiger partial charge >= 0.3 is 0 Å². The molecule has 6 rings (SSSR count). The fraction of sp³-hybridized carbons (Fsp3) is 0.308. The molecule has 4 aromatic rings. The van der Waals surface area contributed by atoms with Crippen LogP contribution in [0, 0.1) is 5.92 Å². The van der Waals surface area contributed by atoms with E-state index in [2.05, 4.69) is 5.32 Å². The summed E-state index contributed by atoms with van der Waals surface area (Å²) < 4.78 is 23.1. The van der Waals surface area contributed by atoms with Crippen molar-refractivity contribution in [2.75, 3.05) is 23.4 Å². The molecule has 1 saturated heterocycles. The highest BCUT2D eigenvalue weighted by Crippen LogP contribution is 2.60. The smallest absolute Gasteiger partial charge is 0.264 e. The van der Waals surface area contributed by atoms with Crippen LogP contribution in [0.2, 0.25) is 18.6 Å². The quantitative estimate of drug-likeness (QED) is 0.136. The Morgan fingerprint density at radius 1 is 0.939 bits per heavy atom. The number of benzene rings is 4. The maximum atomic E-state index is 16.3. The lowest BCUT2D eigenvalue weighted by Crippen LogP contribution is -2.45. The molecule has 2 heterocycles. The first kappa shape index (κ1) is 34.2. The van der Waals surface area contributed by atoms with E-state index in [0.717, 1.165) is 11.1 Å². The number of nitrogens with zero attached hydrogens (tertiary/aromatic N) is 2. The summed E-state index contributed by atoms with van der Waals surface area (Å²) in [5.74, 6) is -1.35. The van der Waals surface area contributed by atoms with Crippen molar-refractivity contribution in [1.82, 2.24) is 4.90 Å². The van der Waals surface area contributed by atoms with Gasteiger partial charge in [-0.3, -0.25) is 14.4 Å². The molecule has 254 valence electrons. The third kappa shape index (κ3) is 6.81. The molecule has 1 fully saturated rings. The van der Waals surface area contributed by atoms with Gasteiger partial charge in [0.05, 0.1) is 31.4 Å². The molecule has 0 bridgehead atoms. The summed E-state index contributed by atoms with van der Waals surface area (Å²) in [7, 11) is -3.49. The maximum Gasteiger partial charge on any atom is 0.264 e. The van der Waals surface area contributed by atoms with Gasteiger partial charge in [-0.15, -0.1) is 0 Å². The Labute approximate surface area is 287 Å². The van der Waals surface area contributed by atoms with Crippen molar-refractivity contribution in [2.45, 2.75) is 56.8 Å². The summed E-state index contributed by atoms with van der Waals surface area (Å²) in [5, 5.41) is 12.7. The molecule has 4 atom stereocenters. The van der Waals surface area contributed by atoms with E-state index < -0.39 is 31.6 Å². The zero-order valence-corrected chi connectivity index (χ0v) is 29.0. The van der Waals surface area contributed by atoms with E-state index in [-0.39, 0.29) is 43.8 Å². The number of para-hydroxylation sites is 1. The van der Waals surface area contributed by atoms with Gasteiger partial charge in [-0.1, -0.05) is 85.8 Å². The van der Waals surface area contributed by atoms with Crippen LogP contribution in [0.5, 0.6) is 0 Å². The van der Waals surface area contributed by atoms with Crippen molar-refractivity contribution in [3.8, 4) is 0 Å². The molecular formula is C39H42FN3O5Si. The van der Waals surface area contributed by atoms with Crippen LogP contribution in [-0.2, 0) is 33.0 Å². The summed E-state index contributed by atoms with van der Waals surface area (Å²) in [4.78, 5) is 44.6. The van der Waals surface area contributed by atoms with E-state index in [1.54, 1.807) is 53.2 Å². The Bertz CT molecular complexity index is 1820. The summed E-state index contributed by atoms with van der Waals surface area (Å²) in [6, 6.07) is 33.2. The molecule has 1 spiro atoms. The predicted octanol–water partition coefficient (Wildman–Crippen LogP) is 6.67. The third-order valence-electron chi connectivity index (χ3n) is 9.74. The number of ether oxygens (including phenoxy) is 1. The predicted molar refractivity (Wildman–Crippen MR) is 190 cm³/mol. The van der Waals surface area contributed by atoms with Gasteiger partial charge < -0.3 is 29.1 Å². The molecule has 2 N–H and O–H groups in total. The third-order valence-corrected chi connectivity index (χ3v) is 12.2. The fourth-order valence-corrected chi connectivity index (χ4v) is 10.1. The zero-order chi connectivity index (χ0) is 34.8. The topological polar surface area (TPSA) is 99.2 Å². The van der Waals surface area contributed by atoms with Gasteiger partial charge in [0.25, 0.3) is 11.8 Å². The first-order valence-corrected chi connectivity index (χ1v) is 19.6. The van der Waals surface area contributed by atoms with Crippen LogP contribution >= 0.6 is 0 Å². The first-order valence-electron chi connectivity index (χ1n) is 16.7. The van der Waals surface area contributed by atoms with E-state index in [4.69, 9.17) is 4.74 Å². The summed E-state index contributed by atoms with van der Waals surface area (Å²) >= 11 is 0. The molecule has 8 nitrogen and oxygen atoms in total. The van der Waals surface area contributed by atoms with Crippen molar-refractivity contribution in [1.29, 1.82) is 0 Å². The Balaban J connectivity index is 1.28. The summed E-state index contributed by atoms with van der Waals surface area (Å²) in [6.45, 7) is 5.52. The van der Waals surface area contributed by atoms with Gasteiger partial charge in [-0.25, -0.2) is 0 Å². The largest absolute Gasteiger partial charge is 0.395 e. The number of aliphatic hydroxyl groups excluding tert-OH is 1. The van der Waals surface area contributed by atoms with E-state index in [1.165, 1.54) is 0 Å². The number of carbonyl (C=O) groups is 3. The number of nitrogens with one attached hydrogen (secondary N) is 1. The van der Waals surface area contributed by atoms with Crippen molar-refractivity contribution in [3.63, 3.8) is 0 Å². The second-order valence-electron chi connectivity index (χ2n) is 13.4. The van der Waals surface area contributed by atoms with E-state index >= 15 is 4.11 Å². The van der Waals surface area contributed by atoms with E-state index in [0.29, 0.717) is 29.0 Å². The Kier molecular flexibility index (Phi) is 9.83. The molecule has 2 aliphatic heterocycles. The zero-order valence-electron chi connectivity index (χ0n) is 28.0. The molecule has 4 aromatic carbocycles. The van der Waals surface area contributed by atoms with Crippen LogP contribution in [-0.4, -0.2) is 55.4 Å². The number of halogens is 1. The molecule has 0 radical (unpaired) electrons. The van der Waals surface area contributed by atoms with Gasteiger partial charge in [0.15, 0.2) is 5.60 Å². The van der Waals surface area contributed by atoms with Crippen LogP contribution in [0.15, 0.2) is 109 Å². The highest BCUT2D eigenvalue weighted by Gasteiger charge is 2.67. The molecule has 0 saturated carbocycles. The molecule has 0 aliphatic carbocycles. The molecule has 49 heavy (non-hydrogen) atoms. The monoisotopic (exact) mass is 679 g/mol. The number of anilines is 2. The van der Waals surface area contributed by atoms with Crippen molar-refractivity contribution in [2.24, 2.45) is 5.92 Å². The average Bonchev–Trinajstić information content (AvgIpc) is 3.51. The number of amides is 3. The van der Waals surface area contributed by atoms with Crippen LogP contribution < -0.4 is 10.2 Å². The minimum atomic E-state index is -3.49. The highest BCUT2D eigenvalue weighted by atomic mass is 28.4. The summed E-state index contributed by atoms with van der Waals surface area (Å²) in [5.41, 5.74) is 2.06. The highest BCUT2D eigenvalue weighted by molar-refractivity contribution is 6.72. The SMILES string of the molecule is C[C@@H]1[C@@H]([Si](C)(C)F)[C@H](CC(=O)N(CCO)Cc2ccccc2)O[C@@]12C(=O)N(Cc1cccc(NC(=O)c3ccccc3)c1)c1ccccc12. The Morgan fingerprint density at radius 3 is 2.29 bits per heavy atom. The van der Waals surface area contributed by atoms with Crippen LogP contribution in [0.3, 0.4) is 0 Å². The second kappa shape index (κ2) is 14.1. The van der Waals surface area contributed by atoms with Crippen molar-refractivity contribution in [3.05, 3.63) is 131 Å². The second-order valence-corrected chi connectivity index (χ2v) is 17.2. The lowest BCUT2D eigenvalue weighted by atomic mass is 9.82. The Hall–Kier alpha value is -4.64. The molecule has 0 unspecified atom stereocenters. The van der Waals surface area contributed by atoms with Gasteiger partial charge in [0, 0.05) is 41.4 Å². The molecule has 3 amide bonds. The van der Waals surface area contributed by atoms with Crippen molar-refractivity contribution >= 4 is 37.5 Å². The van der Waals surface area contributed by atoms with E-state index in [9.17, 15) is 19.5 Å². The van der Waals surface area contributed by atoms with Gasteiger partial charge in [-0.2, -0.15) is 0 Å². The molecule has 2 aliphatic rings. The van der Waals surface area contributed by atoms with Crippen LogP contribution in [0.1, 0.15) is 40.4 Å². The normalized spacial score (nSPS) is 21.5. The molecule has 0 aromatic heterocycles. The fourth-order valence-electron chi connectivity index (χ4n) is 7.60. The number of rotatable bonds is 11. The van der Waals surface area contributed by atoms with E-state index in [1.807, 2.05) is 85.8 Å². The Morgan fingerprint density at radius 2 is 1.59 bits per heavy atom. The van der Waals surface area contributed by atoms with Gasteiger partial charge in [0.1, 0.15) is 0 Å². The number of hydrogen-bond donors (Lipinski definition) is 2. The lowest BCUT2D eigenvalue weighted by Gasteiger charge is -2.31. The molecule has 10 heteroatoms. The van der Waals surface area contributed by atoms with Crippen LogP contribution in [0.4, 0.5) is 15.5 Å². The standard InChI is InChI=1S/C39H42FN3O5Si/c1-27-36(49(2,3)40)34(24-35(45)42(21-22-44)25-28-13-6-4-7-14-28)48-39(27)32-19-10-11-20-33(32)43(38(39)47)26-29-15-12-18-31(23-29)41-37(46)30-16-8-5-9-17-30/h4-20,23,27,34,36,44H,21-22,24-26H2,1-3H3,(H,41,46)/t27-,34+,36-,39+/m1/s1. The summed E-state index contributed by atoms with van der Waals surface area (Å²) in [6.07, 6.45) is -0.942.